The summed E-state index contributed by atoms with van der Waals surface area (Å²) in [4.78, 5) is 0. The first-order valence-electron chi connectivity index (χ1n) is 2.96. The maximum absolute atomic E-state index is 11.7. The highest BCUT2D eigenvalue weighted by atomic mass is 31.2. The first kappa shape index (κ1) is 7.73. The summed E-state index contributed by atoms with van der Waals surface area (Å²) in [7, 11) is -5.28. The Morgan fingerprint density at radius 2 is 2.30 bits per heavy atom. The zero-order valence-electron chi connectivity index (χ0n) is 5.22. The van der Waals surface area contributed by atoms with E-state index in [1.54, 1.807) is 6.08 Å². The molecule has 0 spiro atoms. The largest absolute Gasteiger partial charge is 0.610 e. The second-order valence-corrected chi connectivity index (χ2v) is 3.08. The zero-order chi connectivity index (χ0) is 7.61. The van der Waals surface area contributed by atoms with Crippen molar-refractivity contribution in [2.75, 3.05) is 0 Å². The lowest BCUT2D eigenvalue weighted by atomic mass is 10.4. The van der Waals surface area contributed by atoms with Crippen molar-refractivity contribution >= 4 is 7.99 Å². The van der Waals surface area contributed by atoms with E-state index in [-0.39, 0.29) is 5.76 Å². The van der Waals surface area contributed by atoms with Crippen LogP contribution in [0.3, 0.4) is 0 Å². The summed E-state index contributed by atoms with van der Waals surface area (Å²) in [5.74, 6) is 0.174. The van der Waals surface area contributed by atoms with Crippen LogP contribution in [0.25, 0.3) is 0 Å². The highest BCUT2D eigenvalue weighted by molar-refractivity contribution is 7.47. The van der Waals surface area contributed by atoms with Gasteiger partial charge in [0, 0.05) is 6.42 Å². The quantitative estimate of drug-likeness (QED) is 0.592. The SMILES string of the molecule is O=P(F)(F)OC1=CCCC1. The molecule has 0 aromatic rings. The number of rotatable bonds is 2. The molecule has 0 unspecified atom stereocenters. The Morgan fingerprint density at radius 3 is 2.70 bits per heavy atom. The second kappa shape index (κ2) is 2.70. The summed E-state index contributed by atoms with van der Waals surface area (Å²) in [6.45, 7) is 0. The van der Waals surface area contributed by atoms with E-state index < -0.39 is 7.99 Å². The number of allylic oxidation sites excluding steroid dienone is 2. The first-order chi connectivity index (χ1) is 4.58. The molecular weight excluding hydrogens is 161 g/mol. The molecule has 0 saturated heterocycles. The van der Waals surface area contributed by atoms with E-state index >= 15 is 0 Å². The van der Waals surface area contributed by atoms with Crippen LogP contribution in [0.4, 0.5) is 8.39 Å². The van der Waals surface area contributed by atoms with E-state index in [2.05, 4.69) is 4.52 Å². The van der Waals surface area contributed by atoms with Crippen molar-refractivity contribution < 1.29 is 17.5 Å². The summed E-state index contributed by atoms with van der Waals surface area (Å²) in [5, 5.41) is 0. The average molecular weight is 168 g/mol. The molecule has 0 atom stereocenters. The number of hydrogen-bond donors (Lipinski definition) is 0. The third kappa shape index (κ3) is 2.48. The molecule has 2 nitrogen and oxygen atoms in total. The van der Waals surface area contributed by atoms with Gasteiger partial charge in [0.1, 0.15) is 5.76 Å². The highest BCUT2D eigenvalue weighted by Crippen LogP contribution is 2.53. The van der Waals surface area contributed by atoms with Crippen molar-refractivity contribution in [3.8, 4) is 0 Å². The molecule has 0 heterocycles. The molecular formula is C5H7F2O2P. The molecule has 0 amide bonds. The van der Waals surface area contributed by atoms with E-state index in [1.165, 1.54) is 0 Å². The maximum Gasteiger partial charge on any atom is 0.610 e. The van der Waals surface area contributed by atoms with Crippen molar-refractivity contribution in [3.63, 3.8) is 0 Å². The lowest BCUT2D eigenvalue weighted by Gasteiger charge is -2.01. The standard InChI is InChI=1S/C5H7F2O2P/c6-10(7,8)9-5-3-1-2-4-5/h3H,1-2,4H2. The highest BCUT2D eigenvalue weighted by Gasteiger charge is 2.24. The third-order valence-electron chi connectivity index (χ3n) is 1.22. The Labute approximate surface area is 57.6 Å². The minimum absolute atomic E-state index is 0.174. The summed E-state index contributed by atoms with van der Waals surface area (Å²) in [6.07, 6.45) is 3.59. The molecule has 0 fully saturated rings. The van der Waals surface area contributed by atoms with Crippen LogP contribution in [0, 0.1) is 0 Å². The molecule has 0 radical (unpaired) electrons. The first-order valence-corrected chi connectivity index (χ1v) is 4.36. The van der Waals surface area contributed by atoms with Gasteiger partial charge in [0.05, 0.1) is 0 Å². The van der Waals surface area contributed by atoms with Gasteiger partial charge in [-0.15, -0.1) is 8.39 Å². The van der Waals surface area contributed by atoms with Crippen molar-refractivity contribution in [2.45, 2.75) is 19.3 Å². The Bertz CT molecular complexity index is 196. The molecule has 5 heteroatoms. The lowest BCUT2D eigenvalue weighted by molar-refractivity contribution is 0.317. The molecule has 1 aliphatic carbocycles. The molecule has 1 aliphatic rings. The minimum atomic E-state index is -5.28. The van der Waals surface area contributed by atoms with Crippen LogP contribution in [0.2, 0.25) is 0 Å². The third-order valence-corrected chi connectivity index (χ3v) is 1.67. The van der Waals surface area contributed by atoms with Gasteiger partial charge in [-0.2, -0.15) is 0 Å². The summed E-state index contributed by atoms with van der Waals surface area (Å²) in [6, 6.07) is 0. The van der Waals surface area contributed by atoms with Crippen LogP contribution in [-0.4, -0.2) is 0 Å². The predicted octanol–water partition coefficient (Wildman–Crippen LogP) is 3.12. The Morgan fingerprint density at radius 1 is 1.60 bits per heavy atom. The second-order valence-electron chi connectivity index (χ2n) is 2.07. The van der Waals surface area contributed by atoms with Gasteiger partial charge < -0.3 is 4.52 Å². The molecule has 0 aromatic heterocycles. The van der Waals surface area contributed by atoms with E-state index in [0.29, 0.717) is 6.42 Å². The van der Waals surface area contributed by atoms with Crippen molar-refractivity contribution in [1.29, 1.82) is 0 Å². The zero-order valence-corrected chi connectivity index (χ0v) is 6.11. The maximum atomic E-state index is 11.7. The van der Waals surface area contributed by atoms with Gasteiger partial charge in [0.2, 0.25) is 0 Å². The lowest BCUT2D eigenvalue weighted by Crippen LogP contribution is -1.79. The predicted molar refractivity (Wildman–Crippen MR) is 32.8 cm³/mol. The van der Waals surface area contributed by atoms with Crippen molar-refractivity contribution in [3.05, 3.63) is 11.8 Å². The summed E-state index contributed by atoms with van der Waals surface area (Å²) >= 11 is 0. The topological polar surface area (TPSA) is 26.3 Å². The molecule has 0 aliphatic heterocycles. The molecule has 0 bridgehead atoms. The van der Waals surface area contributed by atoms with E-state index in [4.69, 9.17) is 0 Å². The molecule has 0 aromatic carbocycles. The molecule has 0 N–H and O–H groups in total. The molecule has 1 rings (SSSR count). The van der Waals surface area contributed by atoms with Crippen LogP contribution in [0.15, 0.2) is 11.8 Å². The van der Waals surface area contributed by atoms with Gasteiger partial charge in [-0.3, -0.25) is 0 Å². The van der Waals surface area contributed by atoms with Gasteiger partial charge in [0.15, 0.2) is 0 Å². The molecule has 0 saturated carbocycles. The van der Waals surface area contributed by atoms with Gasteiger partial charge in [-0.05, 0) is 18.9 Å². The van der Waals surface area contributed by atoms with Crippen molar-refractivity contribution in [1.82, 2.24) is 0 Å². The number of hydrogen-bond acceptors (Lipinski definition) is 2. The Balaban J connectivity index is 2.46. The van der Waals surface area contributed by atoms with Gasteiger partial charge in [0.25, 0.3) is 0 Å². The summed E-state index contributed by atoms with van der Waals surface area (Å²) < 4.78 is 37.0. The smallest absolute Gasteiger partial charge is 0.403 e. The van der Waals surface area contributed by atoms with E-state index in [0.717, 1.165) is 12.8 Å². The van der Waals surface area contributed by atoms with Gasteiger partial charge >= 0.3 is 7.99 Å². The van der Waals surface area contributed by atoms with Gasteiger partial charge in [-0.25, -0.2) is 4.57 Å². The normalized spacial score (nSPS) is 18.8. The molecule has 10 heavy (non-hydrogen) atoms. The van der Waals surface area contributed by atoms with E-state index in [1.807, 2.05) is 0 Å². The average Bonchev–Trinajstić information content (AvgIpc) is 2.12. The van der Waals surface area contributed by atoms with Crippen LogP contribution >= 0.6 is 7.99 Å². The van der Waals surface area contributed by atoms with Crippen LogP contribution in [0.1, 0.15) is 19.3 Å². The van der Waals surface area contributed by atoms with Crippen LogP contribution in [-0.2, 0) is 9.09 Å². The number of halogens is 2. The van der Waals surface area contributed by atoms with Gasteiger partial charge in [-0.1, -0.05) is 0 Å². The van der Waals surface area contributed by atoms with Crippen LogP contribution < -0.4 is 0 Å². The monoisotopic (exact) mass is 168 g/mol. The van der Waals surface area contributed by atoms with Crippen molar-refractivity contribution in [2.24, 2.45) is 0 Å². The fourth-order valence-corrected chi connectivity index (χ4v) is 1.30. The fraction of sp³-hybridized carbons (Fsp3) is 0.600. The molecule has 58 valence electrons. The van der Waals surface area contributed by atoms with Crippen LogP contribution in [0.5, 0.6) is 0 Å². The summed E-state index contributed by atoms with van der Waals surface area (Å²) in [5.41, 5.74) is 0. The minimum Gasteiger partial charge on any atom is -0.403 e. The Kier molecular flexibility index (Phi) is 2.09. The fourth-order valence-electron chi connectivity index (χ4n) is 0.861. The Hall–Kier alpha value is -0.370. The van der Waals surface area contributed by atoms with E-state index in [9.17, 15) is 13.0 Å².